The number of carboxylic acids is 1. The van der Waals surface area contributed by atoms with Gasteiger partial charge in [0.2, 0.25) is 0 Å². The number of amides is 2. The van der Waals surface area contributed by atoms with Gasteiger partial charge in [0.15, 0.2) is 0 Å². The molecule has 5 heteroatoms. The van der Waals surface area contributed by atoms with E-state index in [9.17, 15) is 9.59 Å². The lowest BCUT2D eigenvalue weighted by molar-refractivity contribution is -0.137. The maximum Gasteiger partial charge on any atom is 0.323 e. The number of hydrogen-bond donors (Lipinski definition) is 1. The predicted octanol–water partition coefficient (Wildman–Crippen LogP) is 2.81. The van der Waals surface area contributed by atoms with Crippen LogP contribution in [0.3, 0.4) is 0 Å². The van der Waals surface area contributed by atoms with E-state index < -0.39 is 5.97 Å². The molecule has 19 heavy (non-hydrogen) atoms. The second kappa shape index (κ2) is 10.6. The monoisotopic (exact) mass is 272 g/mol. The molecule has 0 bridgehead atoms. The van der Waals surface area contributed by atoms with E-state index in [-0.39, 0.29) is 12.6 Å². The van der Waals surface area contributed by atoms with Gasteiger partial charge in [-0.3, -0.25) is 4.79 Å². The first kappa shape index (κ1) is 17.7. The van der Waals surface area contributed by atoms with Crippen molar-refractivity contribution in [3.63, 3.8) is 0 Å². The van der Waals surface area contributed by atoms with Gasteiger partial charge in [0.1, 0.15) is 6.54 Å². The van der Waals surface area contributed by atoms with Gasteiger partial charge in [-0.15, -0.1) is 0 Å². The number of aliphatic carboxylic acids is 1. The molecule has 0 aliphatic heterocycles. The van der Waals surface area contributed by atoms with Crippen molar-refractivity contribution in [2.45, 2.75) is 52.9 Å². The number of carbonyl (C=O) groups excluding carboxylic acids is 1. The van der Waals surface area contributed by atoms with Crippen LogP contribution in [-0.4, -0.2) is 53.1 Å². The molecule has 0 rings (SSSR count). The minimum atomic E-state index is -0.951. The van der Waals surface area contributed by atoms with Crippen LogP contribution in [0.2, 0.25) is 0 Å². The topological polar surface area (TPSA) is 60.9 Å². The Morgan fingerprint density at radius 2 is 1.37 bits per heavy atom. The molecule has 0 aromatic rings. The second-order valence-electron chi connectivity index (χ2n) is 4.79. The summed E-state index contributed by atoms with van der Waals surface area (Å²) in [5.41, 5.74) is 0. The van der Waals surface area contributed by atoms with Gasteiger partial charge in [-0.1, -0.05) is 33.6 Å². The van der Waals surface area contributed by atoms with Crippen molar-refractivity contribution in [1.29, 1.82) is 0 Å². The highest BCUT2D eigenvalue weighted by atomic mass is 16.4. The standard InChI is InChI=1S/C14H28N2O3/c1-4-7-10-15(11-8-5-2)14(19)16(9-6-3)12-13(17)18/h4-12H2,1-3H3,(H,17,18). The van der Waals surface area contributed by atoms with Gasteiger partial charge >= 0.3 is 12.0 Å². The van der Waals surface area contributed by atoms with Crippen LogP contribution in [0.15, 0.2) is 0 Å². The number of carboxylic acid groups (broad SMARTS) is 1. The molecule has 0 aliphatic rings. The SMILES string of the molecule is CCCCN(CCCC)C(=O)N(CCC)CC(=O)O. The Hall–Kier alpha value is -1.26. The lowest BCUT2D eigenvalue weighted by atomic mass is 10.2. The summed E-state index contributed by atoms with van der Waals surface area (Å²) in [5.74, 6) is -0.951. The normalized spacial score (nSPS) is 10.3. The summed E-state index contributed by atoms with van der Waals surface area (Å²) in [4.78, 5) is 26.4. The molecule has 2 amide bonds. The fraction of sp³-hybridized carbons (Fsp3) is 0.857. The largest absolute Gasteiger partial charge is 0.480 e. The summed E-state index contributed by atoms with van der Waals surface area (Å²) >= 11 is 0. The molecule has 0 saturated heterocycles. The Morgan fingerprint density at radius 1 is 0.842 bits per heavy atom. The van der Waals surface area contributed by atoms with E-state index in [1.807, 2.05) is 6.92 Å². The molecule has 0 saturated carbocycles. The van der Waals surface area contributed by atoms with E-state index in [4.69, 9.17) is 5.11 Å². The summed E-state index contributed by atoms with van der Waals surface area (Å²) in [7, 11) is 0. The molecule has 0 radical (unpaired) electrons. The highest BCUT2D eigenvalue weighted by Crippen LogP contribution is 2.05. The average molecular weight is 272 g/mol. The van der Waals surface area contributed by atoms with Crippen molar-refractivity contribution in [2.24, 2.45) is 0 Å². The van der Waals surface area contributed by atoms with Crippen LogP contribution in [0, 0.1) is 0 Å². The molecule has 112 valence electrons. The van der Waals surface area contributed by atoms with Gasteiger partial charge in [-0.05, 0) is 19.3 Å². The number of nitrogens with zero attached hydrogens (tertiary/aromatic N) is 2. The molecule has 0 aliphatic carbocycles. The van der Waals surface area contributed by atoms with Crippen molar-refractivity contribution >= 4 is 12.0 Å². The first-order valence-corrected chi connectivity index (χ1v) is 7.32. The fourth-order valence-electron chi connectivity index (χ4n) is 1.88. The number of unbranched alkanes of at least 4 members (excludes halogenated alkanes) is 2. The zero-order valence-electron chi connectivity index (χ0n) is 12.5. The highest BCUT2D eigenvalue weighted by molar-refractivity contribution is 5.80. The lowest BCUT2D eigenvalue weighted by Gasteiger charge is -2.29. The molecular weight excluding hydrogens is 244 g/mol. The van der Waals surface area contributed by atoms with Crippen LogP contribution < -0.4 is 0 Å². The average Bonchev–Trinajstić information content (AvgIpc) is 2.37. The number of rotatable bonds is 10. The molecule has 0 aromatic carbocycles. The third kappa shape index (κ3) is 7.70. The van der Waals surface area contributed by atoms with E-state index >= 15 is 0 Å². The summed E-state index contributed by atoms with van der Waals surface area (Å²) in [5, 5.41) is 8.88. The summed E-state index contributed by atoms with van der Waals surface area (Å²) in [6.07, 6.45) is 4.75. The Labute approximate surface area is 116 Å². The van der Waals surface area contributed by atoms with Crippen molar-refractivity contribution in [2.75, 3.05) is 26.2 Å². The van der Waals surface area contributed by atoms with Crippen LogP contribution in [-0.2, 0) is 4.79 Å². The molecular formula is C14H28N2O3. The minimum absolute atomic E-state index is 0.133. The van der Waals surface area contributed by atoms with Gasteiger partial charge in [0.25, 0.3) is 0 Å². The first-order valence-electron chi connectivity index (χ1n) is 7.32. The third-order valence-corrected chi connectivity index (χ3v) is 2.92. The van der Waals surface area contributed by atoms with Gasteiger partial charge in [0.05, 0.1) is 0 Å². The number of carbonyl (C=O) groups is 2. The van der Waals surface area contributed by atoms with E-state index in [2.05, 4.69) is 13.8 Å². The van der Waals surface area contributed by atoms with Crippen molar-refractivity contribution in [1.82, 2.24) is 9.80 Å². The van der Waals surface area contributed by atoms with Gasteiger partial charge < -0.3 is 14.9 Å². The molecule has 0 fully saturated rings. The van der Waals surface area contributed by atoms with E-state index in [0.717, 1.165) is 45.2 Å². The van der Waals surface area contributed by atoms with Gasteiger partial charge in [-0.25, -0.2) is 4.79 Å². The highest BCUT2D eigenvalue weighted by Gasteiger charge is 2.21. The van der Waals surface area contributed by atoms with Crippen LogP contribution in [0.25, 0.3) is 0 Å². The summed E-state index contributed by atoms with van der Waals surface area (Å²) in [6.45, 7) is 7.85. The fourth-order valence-corrected chi connectivity index (χ4v) is 1.88. The third-order valence-electron chi connectivity index (χ3n) is 2.92. The van der Waals surface area contributed by atoms with Crippen LogP contribution in [0.1, 0.15) is 52.9 Å². The van der Waals surface area contributed by atoms with Crippen LogP contribution in [0.5, 0.6) is 0 Å². The van der Waals surface area contributed by atoms with E-state index in [1.165, 1.54) is 4.90 Å². The lowest BCUT2D eigenvalue weighted by Crippen LogP contribution is -2.46. The summed E-state index contributed by atoms with van der Waals surface area (Å²) < 4.78 is 0. The van der Waals surface area contributed by atoms with Gasteiger partial charge in [0, 0.05) is 19.6 Å². The molecule has 0 heterocycles. The first-order chi connectivity index (χ1) is 9.06. The molecule has 0 atom stereocenters. The van der Waals surface area contributed by atoms with Crippen molar-refractivity contribution < 1.29 is 14.7 Å². The zero-order chi connectivity index (χ0) is 14.7. The molecule has 0 aromatic heterocycles. The Balaban J connectivity index is 4.62. The van der Waals surface area contributed by atoms with E-state index in [1.54, 1.807) is 4.90 Å². The Kier molecular flexibility index (Phi) is 9.94. The maximum atomic E-state index is 12.4. The van der Waals surface area contributed by atoms with E-state index in [0.29, 0.717) is 6.54 Å². The van der Waals surface area contributed by atoms with Gasteiger partial charge in [-0.2, -0.15) is 0 Å². The zero-order valence-corrected chi connectivity index (χ0v) is 12.5. The maximum absolute atomic E-state index is 12.4. The smallest absolute Gasteiger partial charge is 0.323 e. The molecule has 0 unspecified atom stereocenters. The predicted molar refractivity (Wildman–Crippen MR) is 76.3 cm³/mol. The summed E-state index contributed by atoms with van der Waals surface area (Å²) in [6, 6.07) is -0.133. The van der Waals surface area contributed by atoms with Crippen LogP contribution in [0.4, 0.5) is 4.79 Å². The Bertz CT molecular complexity index is 261. The molecule has 5 nitrogen and oxygen atoms in total. The van der Waals surface area contributed by atoms with Crippen LogP contribution >= 0.6 is 0 Å². The molecule has 0 spiro atoms. The Morgan fingerprint density at radius 3 is 1.74 bits per heavy atom. The van der Waals surface area contributed by atoms with Crippen molar-refractivity contribution in [3.05, 3.63) is 0 Å². The van der Waals surface area contributed by atoms with Crippen molar-refractivity contribution in [3.8, 4) is 0 Å². The minimum Gasteiger partial charge on any atom is -0.480 e. The molecule has 1 N–H and O–H groups in total. The quantitative estimate of drug-likeness (QED) is 0.665. The second-order valence-corrected chi connectivity index (χ2v) is 4.79. The number of hydrogen-bond acceptors (Lipinski definition) is 2. The number of urea groups is 1.